The van der Waals surface area contributed by atoms with E-state index in [4.69, 9.17) is 9.47 Å². The van der Waals surface area contributed by atoms with E-state index in [1.807, 2.05) is 0 Å². The van der Waals surface area contributed by atoms with Gasteiger partial charge in [0.25, 0.3) is 0 Å². The maximum absolute atomic E-state index is 12.7. The summed E-state index contributed by atoms with van der Waals surface area (Å²) in [6.45, 7) is 2.12. The molecule has 0 bridgehead atoms. The third-order valence-corrected chi connectivity index (χ3v) is 6.05. The van der Waals surface area contributed by atoms with Crippen LogP contribution in [-0.4, -0.2) is 57.4 Å². The van der Waals surface area contributed by atoms with E-state index in [2.05, 4.69) is 15.9 Å². The number of halogens is 1. The molecule has 0 amide bonds. The van der Waals surface area contributed by atoms with Crippen LogP contribution in [0.1, 0.15) is 17.3 Å². The van der Waals surface area contributed by atoms with Crippen LogP contribution >= 0.6 is 15.9 Å². The highest BCUT2D eigenvalue weighted by Crippen LogP contribution is 2.27. The molecule has 1 aliphatic heterocycles. The van der Waals surface area contributed by atoms with E-state index in [-0.39, 0.29) is 35.9 Å². The molecule has 1 saturated heterocycles. The van der Waals surface area contributed by atoms with Crippen molar-refractivity contribution >= 4 is 37.7 Å². The fourth-order valence-electron chi connectivity index (χ4n) is 2.00. The molecule has 0 aliphatic carbocycles. The van der Waals surface area contributed by atoms with Gasteiger partial charge in [-0.25, -0.2) is 13.2 Å². The lowest BCUT2D eigenvalue weighted by Crippen LogP contribution is -2.40. The average Bonchev–Trinajstić information content (AvgIpc) is 2.53. The first-order valence-corrected chi connectivity index (χ1v) is 9.09. The van der Waals surface area contributed by atoms with Crippen LogP contribution in [0.4, 0.5) is 0 Å². The number of hydrogen-bond acceptors (Lipinski definition) is 6. The maximum Gasteiger partial charge on any atom is 0.338 e. The Balaban J connectivity index is 2.29. The molecule has 0 saturated carbocycles. The van der Waals surface area contributed by atoms with Crippen LogP contribution in [0.25, 0.3) is 0 Å². The van der Waals surface area contributed by atoms with Crippen LogP contribution in [0.5, 0.6) is 0 Å². The number of carbonyl (C=O) groups excluding carboxylic acids is 2. The van der Waals surface area contributed by atoms with Gasteiger partial charge in [-0.3, -0.25) is 4.79 Å². The highest BCUT2D eigenvalue weighted by atomic mass is 79.9. The summed E-state index contributed by atoms with van der Waals surface area (Å²) in [5.41, 5.74) is 0.0706. The van der Waals surface area contributed by atoms with Crippen LogP contribution in [0, 0.1) is 0 Å². The van der Waals surface area contributed by atoms with Crippen LogP contribution in [0.15, 0.2) is 27.6 Å². The highest BCUT2D eigenvalue weighted by Gasteiger charge is 2.29. The molecule has 23 heavy (non-hydrogen) atoms. The normalized spacial score (nSPS) is 16.1. The number of rotatable bonds is 5. The Labute approximate surface area is 142 Å². The number of morpholine rings is 1. The summed E-state index contributed by atoms with van der Waals surface area (Å²) in [6, 6.07) is 4.15. The molecule has 0 spiro atoms. The lowest BCUT2D eigenvalue weighted by Gasteiger charge is -2.26. The smallest absolute Gasteiger partial charge is 0.338 e. The first-order valence-electron chi connectivity index (χ1n) is 6.86. The van der Waals surface area contributed by atoms with Gasteiger partial charge in [0.15, 0.2) is 5.78 Å². The number of benzene rings is 1. The SMILES string of the molecule is CC(=O)COC(=O)c1ccc(Br)c(S(=O)(=O)N2CCOCC2)c1. The van der Waals surface area contributed by atoms with Gasteiger partial charge in [-0.1, -0.05) is 0 Å². The molecular weight excluding hydrogens is 390 g/mol. The zero-order valence-electron chi connectivity index (χ0n) is 12.5. The number of hydrogen-bond donors (Lipinski definition) is 0. The molecule has 2 rings (SSSR count). The minimum atomic E-state index is -3.75. The predicted octanol–water partition coefficient (Wildman–Crippen LogP) is 1.22. The summed E-state index contributed by atoms with van der Waals surface area (Å²) in [5.74, 6) is -1.04. The summed E-state index contributed by atoms with van der Waals surface area (Å²) >= 11 is 3.20. The summed E-state index contributed by atoms with van der Waals surface area (Å²) < 4.78 is 37.0. The van der Waals surface area contributed by atoms with E-state index in [0.717, 1.165) is 0 Å². The molecule has 0 unspecified atom stereocenters. The topological polar surface area (TPSA) is 90.0 Å². The van der Waals surface area contributed by atoms with Gasteiger partial charge in [0.05, 0.1) is 23.7 Å². The molecular formula is C14H16BrNO6S. The quantitative estimate of drug-likeness (QED) is 0.683. The molecule has 0 aromatic heterocycles. The van der Waals surface area contributed by atoms with Crippen LogP contribution in [0.3, 0.4) is 0 Å². The van der Waals surface area contributed by atoms with Crippen molar-refractivity contribution in [2.45, 2.75) is 11.8 Å². The van der Waals surface area contributed by atoms with E-state index < -0.39 is 16.0 Å². The van der Waals surface area contributed by atoms with Crippen LogP contribution in [0.2, 0.25) is 0 Å². The number of carbonyl (C=O) groups is 2. The largest absolute Gasteiger partial charge is 0.454 e. The van der Waals surface area contributed by atoms with E-state index in [1.165, 1.54) is 29.4 Å². The number of nitrogens with zero attached hydrogens (tertiary/aromatic N) is 1. The third-order valence-electron chi connectivity index (χ3n) is 3.16. The van der Waals surface area contributed by atoms with Crippen molar-refractivity contribution in [2.75, 3.05) is 32.9 Å². The molecule has 126 valence electrons. The molecule has 0 N–H and O–H groups in total. The van der Waals surface area contributed by atoms with Gasteiger partial charge in [0, 0.05) is 17.6 Å². The van der Waals surface area contributed by atoms with Gasteiger partial charge in [-0.2, -0.15) is 4.31 Å². The summed E-state index contributed by atoms with van der Waals surface area (Å²) in [5, 5.41) is 0. The van der Waals surface area contributed by atoms with E-state index in [1.54, 1.807) is 0 Å². The van der Waals surface area contributed by atoms with Crippen molar-refractivity contribution in [2.24, 2.45) is 0 Å². The van der Waals surface area contributed by atoms with E-state index >= 15 is 0 Å². The molecule has 7 nitrogen and oxygen atoms in total. The van der Waals surface area contributed by atoms with Gasteiger partial charge < -0.3 is 9.47 Å². The van der Waals surface area contributed by atoms with Gasteiger partial charge >= 0.3 is 5.97 Å². The molecule has 1 fully saturated rings. The zero-order chi connectivity index (χ0) is 17.0. The van der Waals surface area contributed by atoms with Crippen LogP contribution < -0.4 is 0 Å². The fraction of sp³-hybridized carbons (Fsp3) is 0.429. The number of ether oxygens (including phenoxy) is 2. The Bertz CT molecular complexity index is 712. The average molecular weight is 406 g/mol. The van der Waals surface area contributed by atoms with Crippen molar-refractivity contribution in [3.05, 3.63) is 28.2 Å². The molecule has 1 aromatic carbocycles. The molecule has 0 radical (unpaired) electrons. The Morgan fingerprint density at radius 2 is 1.96 bits per heavy atom. The minimum absolute atomic E-state index is 0.0170. The van der Waals surface area contributed by atoms with Crippen molar-refractivity contribution in [3.63, 3.8) is 0 Å². The van der Waals surface area contributed by atoms with E-state index in [0.29, 0.717) is 17.7 Å². The molecule has 1 aliphatic rings. The van der Waals surface area contributed by atoms with Gasteiger partial charge in [-0.15, -0.1) is 0 Å². The lowest BCUT2D eigenvalue weighted by molar-refractivity contribution is -0.120. The molecule has 1 heterocycles. The molecule has 1 aromatic rings. The van der Waals surface area contributed by atoms with E-state index in [9.17, 15) is 18.0 Å². The minimum Gasteiger partial charge on any atom is -0.454 e. The van der Waals surface area contributed by atoms with Gasteiger partial charge in [0.2, 0.25) is 10.0 Å². The standard InChI is InChI=1S/C14H16BrNO6S/c1-10(17)9-22-14(18)11-2-3-12(15)13(8-11)23(19,20)16-4-6-21-7-5-16/h2-3,8H,4-7,9H2,1H3. The second-order valence-corrected chi connectivity index (χ2v) is 7.70. The number of esters is 1. The third kappa shape index (κ3) is 4.37. The Kier molecular flexibility index (Phi) is 5.90. The molecule has 9 heteroatoms. The highest BCUT2D eigenvalue weighted by molar-refractivity contribution is 9.10. The second kappa shape index (κ2) is 7.52. The van der Waals surface area contributed by atoms with Crippen molar-refractivity contribution in [1.82, 2.24) is 4.31 Å². The van der Waals surface area contributed by atoms with Gasteiger partial charge in [-0.05, 0) is 41.1 Å². The van der Waals surface area contributed by atoms with Crippen molar-refractivity contribution in [1.29, 1.82) is 0 Å². The fourth-order valence-corrected chi connectivity index (χ4v) is 4.36. The summed E-state index contributed by atoms with van der Waals surface area (Å²) in [4.78, 5) is 22.7. The zero-order valence-corrected chi connectivity index (χ0v) is 14.9. The predicted molar refractivity (Wildman–Crippen MR) is 84.7 cm³/mol. The molecule has 0 atom stereocenters. The van der Waals surface area contributed by atoms with Crippen LogP contribution in [-0.2, 0) is 24.3 Å². The Hall–Kier alpha value is -1.29. The number of sulfonamides is 1. The van der Waals surface area contributed by atoms with Gasteiger partial charge in [0.1, 0.15) is 6.61 Å². The first-order chi connectivity index (χ1) is 10.8. The monoisotopic (exact) mass is 405 g/mol. The van der Waals surface area contributed by atoms with Crippen molar-refractivity contribution < 1.29 is 27.5 Å². The first kappa shape index (κ1) is 18.1. The maximum atomic E-state index is 12.7. The Morgan fingerprint density at radius 3 is 2.57 bits per heavy atom. The second-order valence-electron chi connectivity index (χ2n) is 4.94. The Morgan fingerprint density at radius 1 is 1.30 bits per heavy atom. The summed E-state index contributed by atoms with van der Waals surface area (Å²) in [7, 11) is -3.75. The lowest BCUT2D eigenvalue weighted by atomic mass is 10.2. The number of Topliss-reactive ketones (excluding diaryl/α,β-unsaturated/α-hetero) is 1. The van der Waals surface area contributed by atoms with Crippen molar-refractivity contribution in [3.8, 4) is 0 Å². The number of ketones is 1. The summed E-state index contributed by atoms with van der Waals surface area (Å²) in [6.07, 6.45) is 0.